The summed E-state index contributed by atoms with van der Waals surface area (Å²) in [6.45, 7) is 1.48. The number of morpholine rings is 1. The van der Waals surface area contributed by atoms with Crippen LogP contribution in [0.4, 0.5) is 4.39 Å². The number of nitrogens with zero attached hydrogens (tertiary/aromatic N) is 3. The minimum absolute atomic E-state index is 0.0138. The molecular formula is C18H20FN3O3. The first-order chi connectivity index (χ1) is 12.2. The Morgan fingerprint density at radius 1 is 1.32 bits per heavy atom. The third kappa shape index (κ3) is 4.96. The maximum absolute atomic E-state index is 12.9. The first-order valence-electron chi connectivity index (χ1n) is 8.23. The molecule has 1 aliphatic heterocycles. The van der Waals surface area contributed by atoms with Gasteiger partial charge >= 0.3 is 0 Å². The van der Waals surface area contributed by atoms with Gasteiger partial charge in [0.05, 0.1) is 24.9 Å². The van der Waals surface area contributed by atoms with Crippen LogP contribution in [0.3, 0.4) is 0 Å². The number of carbonyl (C=O) groups is 1. The van der Waals surface area contributed by atoms with Crippen molar-refractivity contribution in [3.05, 3.63) is 54.4 Å². The molecule has 1 aromatic carbocycles. The highest BCUT2D eigenvalue weighted by Crippen LogP contribution is 2.15. The van der Waals surface area contributed by atoms with E-state index in [1.54, 1.807) is 23.5 Å². The lowest BCUT2D eigenvalue weighted by atomic mass is 10.1. The summed E-state index contributed by atoms with van der Waals surface area (Å²) in [6, 6.07) is 5.61. The number of carbonyl (C=O) groups excluding carboxylic acids is 1. The summed E-state index contributed by atoms with van der Waals surface area (Å²) >= 11 is 0. The van der Waals surface area contributed by atoms with Gasteiger partial charge in [-0.3, -0.25) is 14.8 Å². The van der Waals surface area contributed by atoms with Crippen molar-refractivity contribution in [1.29, 1.82) is 0 Å². The molecule has 2 heterocycles. The minimum atomic E-state index is -0.337. The van der Waals surface area contributed by atoms with Crippen LogP contribution in [-0.4, -0.2) is 53.2 Å². The molecule has 0 saturated carbocycles. The Morgan fingerprint density at radius 3 is 2.92 bits per heavy atom. The monoisotopic (exact) mass is 345 g/mol. The van der Waals surface area contributed by atoms with Gasteiger partial charge < -0.3 is 14.4 Å². The summed E-state index contributed by atoms with van der Waals surface area (Å²) in [6.07, 6.45) is 6.50. The fraction of sp³-hybridized carbons (Fsp3) is 0.389. The van der Waals surface area contributed by atoms with Crippen molar-refractivity contribution in [2.75, 3.05) is 26.4 Å². The largest absolute Gasteiger partial charge is 0.484 e. The molecule has 0 aliphatic carbocycles. The van der Waals surface area contributed by atoms with Gasteiger partial charge in [-0.25, -0.2) is 4.39 Å². The summed E-state index contributed by atoms with van der Waals surface area (Å²) in [4.78, 5) is 22.6. The molecule has 0 bridgehead atoms. The molecule has 1 saturated heterocycles. The van der Waals surface area contributed by atoms with Crippen molar-refractivity contribution in [2.45, 2.75) is 18.9 Å². The zero-order chi connectivity index (χ0) is 17.5. The second-order valence-electron chi connectivity index (χ2n) is 5.79. The highest BCUT2D eigenvalue weighted by atomic mass is 19.1. The van der Waals surface area contributed by atoms with Crippen LogP contribution in [0.2, 0.25) is 0 Å². The van der Waals surface area contributed by atoms with E-state index >= 15 is 0 Å². The topological polar surface area (TPSA) is 64.5 Å². The van der Waals surface area contributed by atoms with E-state index in [1.807, 2.05) is 0 Å². The molecule has 0 radical (unpaired) electrons. The summed E-state index contributed by atoms with van der Waals surface area (Å²) in [5.41, 5.74) is 0.892. The van der Waals surface area contributed by atoms with Gasteiger partial charge in [0.2, 0.25) is 0 Å². The summed E-state index contributed by atoms with van der Waals surface area (Å²) < 4.78 is 23.9. The number of halogens is 1. The van der Waals surface area contributed by atoms with Crippen molar-refractivity contribution < 1.29 is 18.7 Å². The van der Waals surface area contributed by atoms with Crippen LogP contribution in [0.1, 0.15) is 12.1 Å². The van der Waals surface area contributed by atoms with Crippen molar-refractivity contribution in [1.82, 2.24) is 14.9 Å². The summed E-state index contributed by atoms with van der Waals surface area (Å²) in [5, 5.41) is 0. The Bertz CT molecular complexity index is 682. The number of hydrogen-bond donors (Lipinski definition) is 0. The molecule has 0 N–H and O–H groups in total. The molecule has 7 heteroatoms. The number of benzene rings is 1. The smallest absolute Gasteiger partial charge is 0.260 e. The van der Waals surface area contributed by atoms with Crippen molar-refractivity contribution >= 4 is 5.91 Å². The van der Waals surface area contributed by atoms with Crippen LogP contribution in [0.25, 0.3) is 0 Å². The zero-order valence-electron chi connectivity index (χ0n) is 13.8. The van der Waals surface area contributed by atoms with E-state index in [2.05, 4.69) is 9.97 Å². The minimum Gasteiger partial charge on any atom is -0.484 e. The first kappa shape index (κ1) is 17.3. The standard InChI is InChI=1S/C18H20FN3O3/c19-14-1-5-17(6-2-14)25-13-18(23)22-9-10-24-12-16(22)4-3-15-11-20-7-8-21-15/h1-2,5-8,11,16H,3-4,9-10,12-13H2/t16-/m0/s1. The predicted octanol–water partition coefficient (Wildman–Crippen LogP) is 1.85. The van der Waals surface area contributed by atoms with Gasteiger partial charge in [0, 0.05) is 25.1 Å². The predicted molar refractivity (Wildman–Crippen MR) is 88.6 cm³/mol. The van der Waals surface area contributed by atoms with Crippen LogP contribution in [0.5, 0.6) is 5.75 Å². The Morgan fingerprint density at radius 2 is 2.16 bits per heavy atom. The Hall–Kier alpha value is -2.54. The van der Waals surface area contributed by atoms with E-state index in [0.717, 1.165) is 18.5 Å². The zero-order valence-corrected chi connectivity index (χ0v) is 13.8. The second-order valence-corrected chi connectivity index (χ2v) is 5.79. The highest BCUT2D eigenvalue weighted by Gasteiger charge is 2.27. The van der Waals surface area contributed by atoms with Crippen LogP contribution in [-0.2, 0) is 16.0 Å². The molecule has 1 atom stereocenters. The summed E-state index contributed by atoms with van der Waals surface area (Å²) in [7, 11) is 0. The van der Waals surface area contributed by atoms with E-state index in [-0.39, 0.29) is 24.4 Å². The molecule has 0 unspecified atom stereocenters. The lowest BCUT2D eigenvalue weighted by molar-refractivity contribution is -0.142. The average Bonchev–Trinajstić information content (AvgIpc) is 2.67. The Labute approximate surface area is 145 Å². The number of amides is 1. The molecule has 132 valence electrons. The normalized spacial score (nSPS) is 17.3. The quantitative estimate of drug-likeness (QED) is 0.799. The third-order valence-corrected chi connectivity index (χ3v) is 4.07. The molecule has 6 nitrogen and oxygen atoms in total. The maximum atomic E-state index is 12.9. The lowest BCUT2D eigenvalue weighted by Gasteiger charge is -2.35. The molecule has 1 aromatic heterocycles. The van der Waals surface area contributed by atoms with E-state index in [1.165, 1.54) is 24.3 Å². The molecule has 0 spiro atoms. The molecule has 1 amide bonds. The van der Waals surface area contributed by atoms with E-state index in [4.69, 9.17) is 9.47 Å². The van der Waals surface area contributed by atoms with Gasteiger partial charge in [-0.1, -0.05) is 0 Å². The highest BCUT2D eigenvalue weighted by molar-refractivity contribution is 5.78. The van der Waals surface area contributed by atoms with Crippen molar-refractivity contribution in [3.8, 4) is 5.75 Å². The SMILES string of the molecule is O=C(COc1ccc(F)cc1)N1CCOC[C@@H]1CCc1cnccn1. The molecule has 25 heavy (non-hydrogen) atoms. The average molecular weight is 345 g/mol. The lowest BCUT2D eigenvalue weighted by Crippen LogP contribution is -2.50. The molecule has 1 fully saturated rings. The molecule has 2 aromatic rings. The van der Waals surface area contributed by atoms with E-state index in [0.29, 0.717) is 25.5 Å². The summed E-state index contributed by atoms with van der Waals surface area (Å²) in [5.74, 6) is 0.0341. The molecular weight excluding hydrogens is 325 g/mol. The number of aromatic nitrogens is 2. The second kappa shape index (κ2) is 8.53. The van der Waals surface area contributed by atoms with Gasteiger partial charge in [-0.05, 0) is 37.1 Å². The van der Waals surface area contributed by atoms with Crippen LogP contribution < -0.4 is 4.74 Å². The van der Waals surface area contributed by atoms with E-state index in [9.17, 15) is 9.18 Å². The van der Waals surface area contributed by atoms with Gasteiger partial charge in [-0.2, -0.15) is 0 Å². The van der Waals surface area contributed by atoms with E-state index < -0.39 is 0 Å². The third-order valence-electron chi connectivity index (χ3n) is 4.07. The Kier molecular flexibility index (Phi) is 5.90. The van der Waals surface area contributed by atoms with Gasteiger partial charge in [0.25, 0.3) is 5.91 Å². The number of ether oxygens (including phenoxy) is 2. The van der Waals surface area contributed by atoms with Gasteiger partial charge in [-0.15, -0.1) is 0 Å². The molecule has 1 aliphatic rings. The van der Waals surface area contributed by atoms with Crippen molar-refractivity contribution in [3.63, 3.8) is 0 Å². The van der Waals surface area contributed by atoms with Crippen LogP contribution in [0.15, 0.2) is 42.9 Å². The maximum Gasteiger partial charge on any atom is 0.260 e. The first-order valence-corrected chi connectivity index (χ1v) is 8.23. The molecule has 3 rings (SSSR count). The number of hydrogen-bond acceptors (Lipinski definition) is 5. The number of rotatable bonds is 6. The van der Waals surface area contributed by atoms with Crippen LogP contribution >= 0.6 is 0 Å². The fourth-order valence-corrected chi connectivity index (χ4v) is 2.75. The number of aryl methyl sites for hydroxylation is 1. The van der Waals surface area contributed by atoms with Crippen LogP contribution in [0, 0.1) is 5.82 Å². The Balaban J connectivity index is 1.54. The fourth-order valence-electron chi connectivity index (χ4n) is 2.75. The van der Waals surface area contributed by atoms with Gasteiger partial charge in [0.15, 0.2) is 6.61 Å². The van der Waals surface area contributed by atoms with Crippen molar-refractivity contribution in [2.24, 2.45) is 0 Å². The van der Waals surface area contributed by atoms with Gasteiger partial charge in [0.1, 0.15) is 11.6 Å².